The Bertz CT molecular complexity index is 7890. The van der Waals surface area contributed by atoms with Crippen molar-refractivity contribution < 1.29 is 117 Å². The monoisotopic (exact) mass is 2190 g/mol. The first-order valence-corrected chi connectivity index (χ1v) is 53.6. The molecule has 30 nitrogen and oxygen atoms in total. The predicted molar refractivity (Wildman–Crippen MR) is 532 cm³/mol. The lowest BCUT2D eigenvalue weighted by atomic mass is 9.93. The van der Waals surface area contributed by atoms with Crippen molar-refractivity contribution in [2.75, 3.05) is 49.6 Å². The predicted octanol–water partition coefficient (Wildman–Crippen LogP) is 22.1. The van der Waals surface area contributed by atoms with Crippen molar-refractivity contribution in [3.8, 4) is 62.0 Å². The Morgan fingerprint density at radius 1 is 0.373 bits per heavy atom. The highest BCUT2D eigenvalue weighted by Crippen LogP contribution is 2.42. The number of nitrogens with zero attached hydrogens (tertiary/aromatic N) is 13. The van der Waals surface area contributed by atoms with Crippen molar-refractivity contribution in [2.45, 2.75) is 148 Å². The molecule has 15 aromatic rings. The average Bonchev–Trinajstić information content (AvgIpc) is 1.51. The van der Waals surface area contributed by atoms with Gasteiger partial charge in [-0.25, -0.2) is 86.1 Å². The van der Waals surface area contributed by atoms with E-state index in [9.17, 15) is 112 Å². The van der Waals surface area contributed by atoms with E-state index in [0.29, 0.717) is 108 Å². The minimum Gasteiger partial charge on any atom is -0.406 e. The molecule has 1 saturated carbocycles. The van der Waals surface area contributed by atoms with Crippen LogP contribution in [0.25, 0.3) is 56.3 Å². The summed E-state index contributed by atoms with van der Waals surface area (Å²) in [6.45, 7) is 9.92. The normalized spacial score (nSPS) is 12.8. The van der Waals surface area contributed by atoms with Gasteiger partial charge in [-0.3, -0.25) is 4.98 Å². The zero-order valence-corrected chi connectivity index (χ0v) is 85.4. The third-order valence-electron chi connectivity index (χ3n) is 22.7. The molecule has 0 aliphatic heterocycles. The summed E-state index contributed by atoms with van der Waals surface area (Å²) in [6, 6.07) is 36.9. The number of sulfonamides is 1. The Labute approximate surface area is 852 Å². The van der Waals surface area contributed by atoms with E-state index in [1.807, 2.05) is 10.8 Å². The minimum atomic E-state index is -4.77. The molecule has 51 heteroatoms. The van der Waals surface area contributed by atoms with Crippen molar-refractivity contribution in [1.29, 1.82) is 0 Å². The van der Waals surface area contributed by atoms with Gasteiger partial charge < -0.3 is 54.2 Å². The molecule has 150 heavy (non-hydrogen) atoms. The number of benzene rings is 7. The van der Waals surface area contributed by atoms with E-state index in [0.717, 1.165) is 74.3 Å². The summed E-state index contributed by atoms with van der Waals surface area (Å²) >= 11 is 0. The smallest absolute Gasteiger partial charge is 0.406 e. The Morgan fingerprint density at radius 2 is 0.753 bits per heavy atom. The molecule has 0 radical (unpaired) electrons. The second-order valence-corrected chi connectivity index (χ2v) is 44.9. The van der Waals surface area contributed by atoms with E-state index in [4.69, 9.17) is 0 Å². The van der Waals surface area contributed by atoms with E-state index in [2.05, 4.69) is 75.9 Å². The van der Waals surface area contributed by atoms with E-state index < -0.39 is 109 Å². The number of pyridine rings is 3. The third kappa shape index (κ3) is 30.4. The number of imidazole rings is 5. The fourth-order valence-electron chi connectivity index (χ4n) is 14.5. The Kier molecular flexibility index (Phi) is 35.8. The maximum absolute atomic E-state index is 14.1. The quantitative estimate of drug-likeness (QED) is 0.0220. The molecule has 6 N–H and O–H groups in total. The zero-order valence-electron chi connectivity index (χ0n) is 81.3. The summed E-state index contributed by atoms with van der Waals surface area (Å²) in [4.78, 5) is 33.8. The van der Waals surface area contributed by atoms with E-state index >= 15 is 0 Å². The Balaban J connectivity index is 0.000000166. The maximum atomic E-state index is 14.1. The maximum Gasteiger partial charge on any atom is 0.573 e. The summed E-state index contributed by atoms with van der Waals surface area (Å²) < 4.78 is 344. The molecule has 8 aromatic heterocycles. The lowest BCUT2D eigenvalue weighted by molar-refractivity contribution is -0.274. The first-order chi connectivity index (χ1) is 70.3. The SMILES string of the molecule is CC(C)NS(=O)(=O)c1ccc(Nc2cc(C(F)(F)F)ccn2)c(-c2cn(C)cn2)c1.CCS(=O)(=O)c1ccc(NCc2ccc(C(F)(F)F)cc2F)c(-c2cn(C)cn2)c1.CCS(=O)(=O)c1ccc(NCc2ccc(C(F)(F)F)cn2)c(-c2cn(C)cn2)c1.CCS(=O)(=O)c1ccc(NCc2cccc(OC(F)(F)F)c2)c(-c2cn(C)cn2)c1.CCS(=O)(=O)c1ccc(Nc2ccc(C(F)(F)F)cn2)c(-c2cn(C3CCC3)cn2)c1. The average molecular weight is 2200 g/mol. The van der Waals surface area contributed by atoms with Crippen LogP contribution in [0.5, 0.6) is 5.75 Å². The molecule has 1 aliphatic rings. The summed E-state index contributed by atoms with van der Waals surface area (Å²) in [7, 11) is -10.4. The van der Waals surface area contributed by atoms with Gasteiger partial charge in [-0.2, -0.15) is 52.7 Å². The second-order valence-electron chi connectivity index (χ2n) is 34.1. The van der Waals surface area contributed by atoms with Gasteiger partial charge in [0.1, 0.15) is 23.2 Å². The standard InChI is InChI=1S/C21H21F3N4O2S.C20H19F4N3O2S.C20H20F3N3O3S.C19H20F3N5O2S.C19H19F3N4O2S/c1-2-31(29,30)16-7-8-18(27-20-9-6-14(11-25-20)21(22,23)24)17(10-16)19-12-28(13-26-19)15-4-3-5-15;1-3-30(28,29)15-6-7-18(16(9-15)19-11-27(2)12-26-19)25-10-13-4-5-14(8-17(13)21)20(22,23)24;1-3-30(27,28)16-7-8-18(17(10-16)19-12-26(2)13-25-19)24-11-14-5-4-6-15(9-14)29-20(21,22)23;1-12(2)26-30(28,29)14-4-5-16(15(9-14)17-10-27(3)11-24-17)25-18-8-13(6-7-23-18)19(20,21)22;1-3-29(27,28)15-6-7-17(16(8-15)18-11-26(2)12-25-18)24-10-14-5-4-13(9-23-14)19(20,21)22/h6-13,15H,2-5H2,1H3,(H,25,27);4-9,11-12,25H,3,10H2,1-2H3;4-10,12-13,24H,3,11H2,1-2H3;4-12,26H,1-3H3,(H,23,25);4-9,11-12,24H,3,10H2,1-2H3. The van der Waals surface area contributed by atoms with E-state index in [-0.39, 0.29) is 96.1 Å². The summed E-state index contributed by atoms with van der Waals surface area (Å²) in [5, 5.41) is 15.0. The molecular formula is C99H99F16N19O11S5. The van der Waals surface area contributed by atoms with Crippen LogP contribution in [0, 0.1) is 5.82 Å². The molecule has 0 bridgehead atoms. The molecule has 7 aromatic carbocycles. The number of ether oxygens (including phenoxy) is 1. The fraction of sp³-hybridized carbons (Fsp3) is 0.273. The van der Waals surface area contributed by atoms with Crippen LogP contribution in [-0.4, -0.2) is 140 Å². The molecular weight excluding hydrogens is 2100 g/mol. The van der Waals surface area contributed by atoms with Crippen molar-refractivity contribution in [3.05, 3.63) is 296 Å². The van der Waals surface area contributed by atoms with Gasteiger partial charge >= 0.3 is 31.1 Å². The Hall–Kier alpha value is -14.6. The van der Waals surface area contributed by atoms with Crippen LogP contribution in [-0.2, 0) is 122 Å². The number of aromatic nitrogens is 13. The van der Waals surface area contributed by atoms with Gasteiger partial charge in [0.05, 0.1) is 142 Å². The number of hydrogen-bond donors (Lipinski definition) is 6. The van der Waals surface area contributed by atoms with Gasteiger partial charge in [0.25, 0.3) is 0 Å². The van der Waals surface area contributed by atoms with Gasteiger partial charge in [0, 0.05) is 165 Å². The summed E-state index contributed by atoms with van der Waals surface area (Å²) in [5.41, 5.74) is 5.24. The van der Waals surface area contributed by atoms with Crippen LogP contribution in [0.15, 0.2) is 276 Å². The topological polar surface area (TPSA) is 380 Å². The first kappa shape index (κ1) is 114. The van der Waals surface area contributed by atoms with Crippen LogP contribution < -0.4 is 36.0 Å². The fourth-order valence-corrected chi connectivity index (χ4v) is 19.4. The lowest BCUT2D eigenvalue weighted by Crippen LogP contribution is -2.30. The molecule has 0 unspecified atom stereocenters. The lowest BCUT2D eigenvalue weighted by Gasteiger charge is -2.26. The van der Waals surface area contributed by atoms with Crippen LogP contribution in [0.3, 0.4) is 0 Å². The second kappa shape index (κ2) is 47.1. The summed E-state index contributed by atoms with van der Waals surface area (Å²) in [5.74, 6) is -1.30. The number of aryl methyl sites for hydroxylation is 4. The Morgan fingerprint density at radius 3 is 1.13 bits per heavy atom. The molecule has 0 amide bonds. The van der Waals surface area contributed by atoms with Crippen molar-refractivity contribution in [2.24, 2.45) is 28.2 Å². The number of hydrogen-bond acceptors (Lipinski definition) is 24. The van der Waals surface area contributed by atoms with Gasteiger partial charge in [0.2, 0.25) is 10.0 Å². The van der Waals surface area contributed by atoms with Gasteiger partial charge in [0.15, 0.2) is 39.3 Å². The molecule has 0 saturated heterocycles. The van der Waals surface area contributed by atoms with Gasteiger partial charge in [-0.05, 0) is 190 Å². The first-order valence-electron chi connectivity index (χ1n) is 45.5. The highest BCUT2D eigenvalue weighted by Gasteiger charge is 2.37. The number of alkyl halides is 15. The van der Waals surface area contributed by atoms with Crippen molar-refractivity contribution in [3.63, 3.8) is 0 Å². The zero-order chi connectivity index (χ0) is 110. The third-order valence-corrected chi connectivity index (χ3v) is 31.3. The van der Waals surface area contributed by atoms with Gasteiger partial charge in [-0.1, -0.05) is 45.9 Å². The minimum absolute atomic E-state index is 0.0133. The number of halogens is 16. The molecule has 0 atom stereocenters. The van der Waals surface area contributed by atoms with Gasteiger partial charge in [-0.15, -0.1) is 13.2 Å². The molecule has 16 rings (SSSR count). The largest absolute Gasteiger partial charge is 0.573 e. The number of anilines is 7. The molecule has 1 fully saturated rings. The number of sulfone groups is 4. The molecule has 8 heterocycles. The highest BCUT2D eigenvalue weighted by molar-refractivity contribution is 7.92. The van der Waals surface area contributed by atoms with Crippen LogP contribution >= 0.6 is 0 Å². The van der Waals surface area contributed by atoms with E-state index in [1.165, 1.54) is 98.2 Å². The highest BCUT2D eigenvalue weighted by atomic mass is 32.2. The summed E-state index contributed by atoms with van der Waals surface area (Å²) in [6.07, 6.45) is -0.180. The number of nitrogens with one attached hydrogen (secondary N) is 6. The van der Waals surface area contributed by atoms with E-state index in [1.54, 1.807) is 174 Å². The molecule has 1 aliphatic carbocycles. The van der Waals surface area contributed by atoms with Crippen LogP contribution in [0.4, 0.5) is 110 Å². The number of rotatable bonds is 31. The van der Waals surface area contributed by atoms with Crippen molar-refractivity contribution >= 4 is 89.4 Å². The van der Waals surface area contributed by atoms with Crippen LogP contribution in [0.1, 0.15) is 106 Å². The van der Waals surface area contributed by atoms with Crippen LogP contribution in [0.2, 0.25) is 0 Å². The molecule has 798 valence electrons. The van der Waals surface area contributed by atoms with Crippen molar-refractivity contribution in [1.82, 2.24) is 67.4 Å². The molecule has 0 spiro atoms.